The molecule has 0 saturated carbocycles. The Morgan fingerprint density at radius 1 is 1.33 bits per heavy atom. The van der Waals surface area contributed by atoms with Gasteiger partial charge < -0.3 is 0 Å². The van der Waals surface area contributed by atoms with Crippen LogP contribution in [0.15, 0.2) is 24.3 Å². The molecule has 0 aliphatic heterocycles. The average molecular weight is 349 g/mol. The van der Waals surface area contributed by atoms with Crippen molar-refractivity contribution in [1.82, 2.24) is 0 Å². The molecule has 0 fully saturated rings. The van der Waals surface area contributed by atoms with E-state index in [1.165, 1.54) is 0 Å². The van der Waals surface area contributed by atoms with Crippen molar-refractivity contribution in [3.05, 3.63) is 34.9 Å². The minimum absolute atomic E-state index is 0.0361. The second-order valence-corrected chi connectivity index (χ2v) is 6.85. The second kappa shape index (κ2) is 6.91. The second-order valence-electron chi connectivity index (χ2n) is 2.66. The van der Waals surface area contributed by atoms with Gasteiger partial charge in [0.25, 0.3) is 0 Å². The molecule has 0 amide bonds. The third-order valence-electron chi connectivity index (χ3n) is 1.71. The van der Waals surface area contributed by atoms with Gasteiger partial charge in [-0.2, -0.15) is 0 Å². The summed E-state index contributed by atoms with van der Waals surface area (Å²) in [5.41, 5.74) is 1.08. The van der Waals surface area contributed by atoms with Crippen LogP contribution in [-0.4, -0.2) is 29.9 Å². The summed E-state index contributed by atoms with van der Waals surface area (Å²) < 4.78 is 0. The Bertz CT molecular complexity index is 409. The van der Waals surface area contributed by atoms with E-state index in [9.17, 15) is 0 Å². The number of hydrogen-bond donors (Lipinski definition) is 0. The summed E-state index contributed by atoms with van der Waals surface area (Å²) in [6, 6.07) is 7.57. The molecule has 1 rings (SSSR count). The van der Waals surface area contributed by atoms with Crippen molar-refractivity contribution in [2.24, 2.45) is 0 Å². The normalized spacial score (nSPS) is 11.4. The number of rotatable bonds is 4. The van der Waals surface area contributed by atoms with Gasteiger partial charge in [-0.25, -0.2) is 0 Å². The monoisotopic (exact) mass is 350 g/mol. The first kappa shape index (κ1) is 12.6. The summed E-state index contributed by atoms with van der Waals surface area (Å²) in [7, 11) is 0. The molecular formula is C10H7ClN2Se2. The number of nitriles is 2. The molecular weight excluding hydrogens is 341 g/mol. The first-order valence-corrected chi connectivity index (χ1v) is 8.38. The van der Waals surface area contributed by atoms with E-state index in [1.807, 2.05) is 24.3 Å². The Morgan fingerprint density at radius 2 is 2.13 bits per heavy atom. The molecule has 5 heteroatoms. The van der Waals surface area contributed by atoms with E-state index in [4.69, 9.17) is 22.1 Å². The molecule has 1 aromatic carbocycles. The maximum absolute atomic E-state index is 8.74. The minimum atomic E-state index is -0.108. The molecule has 0 aliphatic rings. The third-order valence-corrected chi connectivity index (χ3v) is 6.08. The standard InChI is InChI=1S/C10H7ClN2Se2/c11-9-3-1-2-8(4-9)10(15-7-13)5-14-6-12/h1-4,10H,5H2. The summed E-state index contributed by atoms with van der Waals surface area (Å²) >= 11 is 5.74. The zero-order valence-corrected chi connectivity index (χ0v) is 11.9. The summed E-state index contributed by atoms with van der Waals surface area (Å²) in [6.07, 6.45) is 0. The van der Waals surface area contributed by atoms with Crippen LogP contribution in [0.3, 0.4) is 0 Å². The van der Waals surface area contributed by atoms with Crippen LogP contribution in [0.4, 0.5) is 0 Å². The Morgan fingerprint density at radius 3 is 2.73 bits per heavy atom. The number of hydrogen-bond acceptors (Lipinski definition) is 2. The van der Waals surface area contributed by atoms with E-state index < -0.39 is 0 Å². The summed E-state index contributed by atoms with van der Waals surface area (Å²) in [6.45, 7) is 0. The topological polar surface area (TPSA) is 47.6 Å². The molecule has 2 nitrogen and oxygen atoms in total. The van der Waals surface area contributed by atoms with E-state index in [2.05, 4.69) is 9.94 Å². The molecule has 0 spiro atoms. The summed E-state index contributed by atoms with van der Waals surface area (Å²) in [4.78, 5) is 4.59. The molecule has 1 aromatic rings. The van der Waals surface area contributed by atoms with Crippen molar-refractivity contribution in [3.8, 4) is 9.94 Å². The quantitative estimate of drug-likeness (QED) is 0.783. The van der Waals surface area contributed by atoms with Crippen LogP contribution in [0.25, 0.3) is 0 Å². The molecule has 0 heterocycles. The number of benzene rings is 1. The van der Waals surface area contributed by atoms with Crippen LogP contribution in [0.1, 0.15) is 10.4 Å². The van der Waals surface area contributed by atoms with E-state index >= 15 is 0 Å². The van der Waals surface area contributed by atoms with Crippen LogP contribution in [0.2, 0.25) is 10.3 Å². The van der Waals surface area contributed by atoms with E-state index in [0.29, 0.717) is 5.02 Å². The van der Waals surface area contributed by atoms with Crippen molar-refractivity contribution in [2.45, 2.75) is 10.1 Å². The third kappa shape index (κ3) is 4.27. The number of halogens is 1. The van der Waals surface area contributed by atoms with Crippen LogP contribution in [0, 0.1) is 20.5 Å². The summed E-state index contributed by atoms with van der Waals surface area (Å²) in [5, 5.41) is 18.8. The first-order valence-electron chi connectivity index (χ1n) is 4.09. The molecule has 0 bridgehead atoms. The van der Waals surface area contributed by atoms with Gasteiger partial charge in [0.15, 0.2) is 0 Å². The van der Waals surface area contributed by atoms with Crippen LogP contribution < -0.4 is 0 Å². The zero-order chi connectivity index (χ0) is 11.1. The molecule has 1 unspecified atom stereocenters. The van der Waals surface area contributed by atoms with Crippen molar-refractivity contribution in [1.29, 1.82) is 10.5 Å². The van der Waals surface area contributed by atoms with Gasteiger partial charge >= 0.3 is 107 Å². The van der Waals surface area contributed by atoms with Crippen molar-refractivity contribution < 1.29 is 0 Å². The van der Waals surface area contributed by atoms with E-state index in [0.717, 1.165) is 10.9 Å². The van der Waals surface area contributed by atoms with Gasteiger partial charge in [0.2, 0.25) is 0 Å². The van der Waals surface area contributed by atoms with Gasteiger partial charge in [-0.05, 0) is 0 Å². The first-order chi connectivity index (χ1) is 7.27. The van der Waals surface area contributed by atoms with Gasteiger partial charge in [-0.15, -0.1) is 0 Å². The van der Waals surface area contributed by atoms with Gasteiger partial charge in [-0.1, -0.05) is 0 Å². The average Bonchev–Trinajstić information content (AvgIpc) is 2.24. The molecule has 0 N–H and O–H groups in total. The Labute approximate surface area is 107 Å². The van der Waals surface area contributed by atoms with Gasteiger partial charge in [0.05, 0.1) is 0 Å². The fourth-order valence-corrected chi connectivity index (χ4v) is 4.64. The molecule has 1 atom stereocenters. The van der Waals surface area contributed by atoms with E-state index in [1.54, 1.807) is 0 Å². The molecule has 0 saturated heterocycles. The zero-order valence-electron chi connectivity index (χ0n) is 7.68. The maximum atomic E-state index is 8.74. The molecule has 0 radical (unpaired) electrons. The molecule has 0 aromatic heterocycles. The van der Waals surface area contributed by atoms with Gasteiger partial charge in [0.1, 0.15) is 0 Å². The van der Waals surface area contributed by atoms with Gasteiger partial charge in [-0.3, -0.25) is 0 Å². The van der Waals surface area contributed by atoms with Gasteiger partial charge in [0, 0.05) is 0 Å². The fourth-order valence-electron chi connectivity index (χ4n) is 1.08. The number of nitrogens with zero attached hydrogens (tertiary/aromatic N) is 2. The Kier molecular flexibility index (Phi) is 5.80. The Balaban J connectivity index is 2.80. The van der Waals surface area contributed by atoms with Crippen LogP contribution in [-0.2, 0) is 0 Å². The predicted octanol–water partition coefficient (Wildman–Crippen LogP) is 2.17. The molecule has 0 aliphatic carbocycles. The molecule has 76 valence electrons. The van der Waals surface area contributed by atoms with Crippen LogP contribution in [0.5, 0.6) is 0 Å². The van der Waals surface area contributed by atoms with Crippen molar-refractivity contribution in [3.63, 3.8) is 0 Å². The fraction of sp³-hybridized carbons (Fsp3) is 0.200. The Hall–Kier alpha value is -0.471. The van der Waals surface area contributed by atoms with Crippen molar-refractivity contribution >= 4 is 41.5 Å². The predicted molar refractivity (Wildman–Crippen MR) is 61.7 cm³/mol. The molecule has 15 heavy (non-hydrogen) atoms. The SMILES string of the molecule is N#C[Se]CC([Se]C#N)c1cccc(Cl)c1. The van der Waals surface area contributed by atoms with Crippen LogP contribution >= 0.6 is 11.6 Å². The van der Waals surface area contributed by atoms with E-state index in [-0.39, 0.29) is 34.7 Å². The summed E-state index contributed by atoms with van der Waals surface area (Å²) in [5.74, 6) is 0. The van der Waals surface area contributed by atoms with Crippen molar-refractivity contribution in [2.75, 3.05) is 0 Å².